The molecule has 2 N–H and O–H groups in total. The Kier molecular flexibility index (Phi) is 3.32. The van der Waals surface area contributed by atoms with Crippen molar-refractivity contribution in [3.8, 4) is 0 Å². The van der Waals surface area contributed by atoms with Crippen LogP contribution in [-0.4, -0.2) is 31.4 Å². The summed E-state index contributed by atoms with van der Waals surface area (Å²) in [5, 5.41) is 8.00. The SMILES string of the molecule is CC(NS(=O)(=O)C(C)CO)C1CC1. The van der Waals surface area contributed by atoms with Gasteiger partial charge in [-0.05, 0) is 32.6 Å². The quantitative estimate of drug-likeness (QED) is 0.671. The maximum Gasteiger partial charge on any atom is 0.216 e. The molecule has 0 aromatic carbocycles. The molecular formula is C8H17NO3S. The smallest absolute Gasteiger partial charge is 0.216 e. The highest BCUT2D eigenvalue weighted by Crippen LogP contribution is 2.32. The predicted molar refractivity (Wildman–Crippen MR) is 50.8 cm³/mol. The summed E-state index contributed by atoms with van der Waals surface area (Å²) in [5.74, 6) is 0.501. The second kappa shape index (κ2) is 3.94. The van der Waals surface area contributed by atoms with E-state index < -0.39 is 15.3 Å². The van der Waals surface area contributed by atoms with Crippen LogP contribution in [-0.2, 0) is 10.0 Å². The number of hydrogen-bond acceptors (Lipinski definition) is 3. The molecule has 0 aliphatic heterocycles. The molecule has 5 heteroatoms. The van der Waals surface area contributed by atoms with E-state index in [2.05, 4.69) is 4.72 Å². The molecule has 0 amide bonds. The summed E-state index contributed by atoms with van der Waals surface area (Å²) in [5.41, 5.74) is 0. The lowest BCUT2D eigenvalue weighted by atomic mass is 10.2. The molecule has 0 bridgehead atoms. The predicted octanol–water partition coefficient (Wildman–Crippen LogP) is 0.0851. The van der Waals surface area contributed by atoms with Crippen LogP contribution >= 0.6 is 0 Å². The second-order valence-corrected chi connectivity index (χ2v) is 5.91. The Labute approximate surface area is 79.4 Å². The zero-order valence-electron chi connectivity index (χ0n) is 8.03. The fourth-order valence-electron chi connectivity index (χ4n) is 1.17. The second-order valence-electron chi connectivity index (χ2n) is 3.78. The molecule has 0 aromatic heterocycles. The third kappa shape index (κ3) is 2.93. The molecule has 2 unspecified atom stereocenters. The number of hydrogen-bond donors (Lipinski definition) is 2. The van der Waals surface area contributed by atoms with Crippen LogP contribution in [0.1, 0.15) is 26.7 Å². The van der Waals surface area contributed by atoms with Crippen molar-refractivity contribution in [2.75, 3.05) is 6.61 Å². The van der Waals surface area contributed by atoms with Crippen LogP contribution in [0.4, 0.5) is 0 Å². The van der Waals surface area contributed by atoms with Crippen LogP contribution in [0.5, 0.6) is 0 Å². The van der Waals surface area contributed by atoms with Crippen molar-refractivity contribution >= 4 is 10.0 Å². The third-order valence-electron chi connectivity index (χ3n) is 2.47. The number of aliphatic hydroxyl groups excluding tert-OH is 1. The fraction of sp³-hybridized carbons (Fsp3) is 1.00. The van der Waals surface area contributed by atoms with Crippen LogP contribution in [0.25, 0.3) is 0 Å². The minimum Gasteiger partial charge on any atom is -0.395 e. The first-order valence-electron chi connectivity index (χ1n) is 4.59. The molecule has 1 aliphatic rings. The highest BCUT2D eigenvalue weighted by molar-refractivity contribution is 7.90. The minimum atomic E-state index is -3.31. The first-order valence-corrected chi connectivity index (χ1v) is 6.14. The van der Waals surface area contributed by atoms with Crippen LogP contribution < -0.4 is 4.72 Å². The number of nitrogens with one attached hydrogen (secondary N) is 1. The van der Waals surface area contributed by atoms with Gasteiger partial charge < -0.3 is 5.11 Å². The van der Waals surface area contributed by atoms with Gasteiger partial charge in [-0.2, -0.15) is 0 Å². The Morgan fingerprint density at radius 1 is 1.46 bits per heavy atom. The Bertz CT molecular complexity index is 259. The molecule has 1 rings (SSSR count). The number of sulfonamides is 1. The average molecular weight is 207 g/mol. The maximum atomic E-state index is 11.4. The van der Waals surface area contributed by atoms with E-state index in [1.807, 2.05) is 6.92 Å². The van der Waals surface area contributed by atoms with E-state index in [9.17, 15) is 8.42 Å². The number of rotatable bonds is 5. The maximum absolute atomic E-state index is 11.4. The lowest BCUT2D eigenvalue weighted by Crippen LogP contribution is -2.40. The molecule has 0 spiro atoms. The lowest BCUT2D eigenvalue weighted by Gasteiger charge is -2.16. The number of aliphatic hydroxyl groups is 1. The van der Waals surface area contributed by atoms with Crippen LogP contribution in [0, 0.1) is 5.92 Å². The van der Waals surface area contributed by atoms with Crippen molar-refractivity contribution < 1.29 is 13.5 Å². The highest BCUT2D eigenvalue weighted by atomic mass is 32.2. The molecule has 13 heavy (non-hydrogen) atoms. The van der Waals surface area contributed by atoms with Gasteiger partial charge in [0, 0.05) is 6.04 Å². The minimum absolute atomic E-state index is 0.0130. The summed E-state index contributed by atoms with van der Waals surface area (Å²) in [6.07, 6.45) is 2.22. The zero-order chi connectivity index (χ0) is 10.1. The van der Waals surface area contributed by atoms with E-state index in [0.29, 0.717) is 5.92 Å². The summed E-state index contributed by atoms with van der Waals surface area (Å²) in [7, 11) is -3.31. The molecule has 1 saturated carbocycles. The van der Waals surface area contributed by atoms with Gasteiger partial charge in [-0.1, -0.05) is 0 Å². The van der Waals surface area contributed by atoms with E-state index in [0.717, 1.165) is 12.8 Å². The van der Waals surface area contributed by atoms with Crippen molar-refractivity contribution in [3.05, 3.63) is 0 Å². The van der Waals surface area contributed by atoms with Crippen molar-refractivity contribution in [1.82, 2.24) is 4.72 Å². The van der Waals surface area contributed by atoms with E-state index in [-0.39, 0.29) is 12.6 Å². The molecule has 1 aliphatic carbocycles. The van der Waals surface area contributed by atoms with Crippen molar-refractivity contribution in [2.24, 2.45) is 5.92 Å². The lowest BCUT2D eigenvalue weighted by molar-refractivity contribution is 0.294. The summed E-state index contributed by atoms with van der Waals surface area (Å²) in [4.78, 5) is 0. The van der Waals surface area contributed by atoms with Crippen molar-refractivity contribution in [3.63, 3.8) is 0 Å². The Morgan fingerprint density at radius 2 is 2.00 bits per heavy atom. The van der Waals surface area contributed by atoms with Gasteiger partial charge in [0.2, 0.25) is 10.0 Å². The molecule has 0 radical (unpaired) electrons. The van der Waals surface area contributed by atoms with Gasteiger partial charge >= 0.3 is 0 Å². The van der Waals surface area contributed by atoms with Gasteiger partial charge in [-0.15, -0.1) is 0 Å². The molecule has 4 nitrogen and oxygen atoms in total. The van der Waals surface area contributed by atoms with Crippen molar-refractivity contribution in [1.29, 1.82) is 0 Å². The Hall–Kier alpha value is -0.130. The molecular weight excluding hydrogens is 190 g/mol. The zero-order valence-corrected chi connectivity index (χ0v) is 8.84. The van der Waals surface area contributed by atoms with Gasteiger partial charge in [0.15, 0.2) is 0 Å². The molecule has 2 atom stereocenters. The normalized spacial score (nSPS) is 22.7. The van der Waals surface area contributed by atoms with Crippen LogP contribution in [0.15, 0.2) is 0 Å². The largest absolute Gasteiger partial charge is 0.395 e. The van der Waals surface area contributed by atoms with Crippen molar-refractivity contribution in [2.45, 2.75) is 38.0 Å². The highest BCUT2D eigenvalue weighted by Gasteiger charge is 2.32. The van der Waals surface area contributed by atoms with Gasteiger partial charge in [0.05, 0.1) is 11.9 Å². The summed E-state index contributed by atoms with van der Waals surface area (Å²) < 4.78 is 25.4. The molecule has 0 aromatic rings. The van der Waals surface area contributed by atoms with Crippen LogP contribution in [0.3, 0.4) is 0 Å². The van der Waals surface area contributed by atoms with E-state index in [1.165, 1.54) is 6.92 Å². The summed E-state index contributed by atoms with van der Waals surface area (Å²) in [6.45, 7) is 3.05. The van der Waals surface area contributed by atoms with E-state index in [1.54, 1.807) is 0 Å². The van der Waals surface area contributed by atoms with Gasteiger partial charge in [0.25, 0.3) is 0 Å². The summed E-state index contributed by atoms with van der Waals surface area (Å²) in [6, 6.07) is 0.0130. The first kappa shape index (κ1) is 10.9. The molecule has 0 saturated heterocycles. The van der Waals surface area contributed by atoms with Crippen LogP contribution in [0.2, 0.25) is 0 Å². The Balaban J connectivity index is 2.50. The van der Waals surface area contributed by atoms with Gasteiger partial charge in [-0.3, -0.25) is 0 Å². The third-order valence-corrected chi connectivity index (χ3v) is 4.37. The molecule has 1 fully saturated rings. The fourth-order valence-corrected chi connectivity index (χ4v) is 2.31. The Morgan fingerprint density at radius 3 is 2.38 bits per heavy atom. The standard InChI is InChI=1S/C8H17NO3S/c1-6(5-10)13(11,12)9-7(2)8-3-4-8/h6-10H,3-5H2,1-2H3. The molecule has 0 heterocycles. The first-order chi connectivity index (χ1) is 5.97. The molecule has 78 valence electrons. The van der Waals surface area contributed by atoms with E-state index >= 15 is 0 Å². The van der Waals surface area contributed by atoms with Gasteiger partial charge in [-0.25, -0.2) is 13.1 Å². The van der Waals surface area contributed by atoms with E-state index in [4.69, 9.17) is 5.11 Å². The monoisotopic (exact) mass is 207 g/mol. The topological polar surface area (TPSA) is 66.4 Å². The van der Waals surface area contributed by atoms with Gasteiger partial charge in [0.1, 0.15) is 0 Å². The summed E-state index contributed by atoms with van der Waals surface area (Å²) >= 11 is 0. The average Bonchev–Trinajstić information content (AvgIpc) is 2.84.